The number of aryl methyl sites for hydroxylation is 1. The fourth-order valence-electron chi connectivity index (χ4n) is 2.83. The Kier molecular flexibility index (Phi) is 12.0. The van der Waals surface area contributed by atoms with Gasteiger partial charge in [-0.3, -0.25) is 4.79 Å². The molecular weight excluding hydrogens is 504 g/mol. The predicted octanol–water partition coefficient (Wildman–Crippen LogP) is 4.76. The molecule has 0 fully saturated rings. The van der Waals surface area contributed by atoms with Crippen LogP contribution in [0.3, 0.4) is 0 Å². The standard InChI is InChI=1S/C16H20BrF3O3.C7H9BO2/c1-4-22-15(21)12(7-10(2)3)11-5-6-14(13(17)8-11)23-9-16(18,19)20;1-6-2-4-7(5-3-6)8(9)10/h5-6,8,10,12H,4,7,9H2,1-3H3;2-5,9-10H,1H3. The van der Waals surface area contributed by atoms with Crippen molar-refractivity contribution >= 4 is 34.5 Å². The molecule has 182 valence electrons. The van der Waals surface area contributed by atoms with Crippen LogP contribution in [0.4, 0.5) is 13.2 Å². The number of hydrogen-bond acceptors (Lipinski definition) is 5. The molecule has 0 aromatic heterocycles. The Morgan fingerprint density at radius 3 is 2.18 bits per heavy atom. The fraction of sp³-hybridized carbons (Fsp3) is 0.435. The Morgan fingerprint density at radius 1 is 1.12 bits per heavy atom. The highest BCUT2D eigenvalue weighted by atomic mass is 79.9. The monoisotopic (exact) mass is 532 g/mol. The van der Waals surface area contributed by atoms with E-state index in [0.29, 0.717) is 21.9 Å². The quantitative estimate of drug-likeness (QED) is 0.379. The lowest BCUT2D eigenvalue weighted by molar-refractivity contribution is -0.153. The second-order valence-electron chi connectivity index (χ2n) is 7.81. The van der Waals surface area contributed by atoms with Crippen LogP contribution in [0.1, 0.15) is 44.2 Å². The van der Waals surface area contributed by atoms with Gasteiger partial charge in [-0.1, -0.05) is 49.7 Å². The zero-order valence-electron chi connectivity index (χ0n) is 19.0. The second-order valence-corrected chi connectivity index (χ2v) is 8.67. The van der Waals surface area contributed by atoms with Gasteiger partial charge in [-0.05, 0) is 65.3 Å². The summed E-state index contributed by atoms with van der Waals surface area (Å²) in [6.07, 6.45) is -3.81. The molecule has 33 heavy (non-hydrogen) atoms. The zero-order chi connectivity index (χ0) is 25.2. The molecule has 2 N–H and O–H groups in total. The first-order valence-electron chi connectivity index (χ1n) is 10.4. The van der Waals surface area contributed by atoms with Gasteiger partial charge in [-0.2, -0.15) is 13.2 Å². The molecule has 1 unspecified atom stereocenters. The Bertz CT molecular complexity index is 873. The van der Waals surface area contributed by atoms with Crippen LogP contribution in [0.25, 0.3) is 0 Å². The van der Waals surface area contributed by atoms with Crippen LogP contribution < -0.4 is 10.2 Å². The summed E-state index contributed by atoms with van der Waals surface area (Å²) in [4.78, 5) is 12.1. The first kappa shape index (κ1) is 29.0. The third kappa shape index (κ3) is 11.1. The van der Waals surface area contributed by atoms with Crippen LogP contribution in [0.2, 0.25) is 0 Å². The number of ether oxygens (including phenoxy) is 2. The van der Waals surface area contributed by atoms with Crippen molar-refractivity contribution in [1.29, 1.82) is 0 Å². The van der Waals surface area contributed by atoms with Gasteiger partial charge in [-0.15, -0.1) is 0 Å². The van der Waals surface area contributed by atoms with E-state index < -0.39 is 25.8 Å². The van der Waals surface area contributed by atoms with Crippen molar-refractivity contribution in [1.82, 2.24) is 0 Å². The summed E-state index contributed by atoms with van der Waals surface area (Å²) in [7, 11) is -1.35. The summed E-state index contributed by atoms with van der Waals surface area (Å²) in [6.45, 7) is 6.58. The molecule has 1 atom stereocenters. The van der Waals surface area contributed by atoms with Gasteiger partial charge in [0.2, 0.25) is 0 Å². The molecule has 0 saturated carbocycles. The van der Waals surface area contributed by atoms with E-state index in [9.17, 15) is 18.0 Å². The van der Waals surface area contributed by atoms with Crippen molar-refractivity contribution in [3.05, 3.63) is 58.1 Å². The number of benzene rings is 2. The Balaban J connectivity index is 0.000000451. The highest BCUT2D eigenvalue weighted by Gasteiger charge is 2.29. The summed E-state index contributed by atoms with van der Waals surface area (Å²) < 4.78 is 46.8. The Hall–Kier alpha value is -2.04. The van der Waals surface area contributed by atoms with E-state index in [1.165, 1.54) is 6.07 Å². The maximum atomic E-state index is 12.2. The molecule has 10 heteroatoms. The summed E-state index contributed by atoms with van der Waals surface area (Å²) >= 11 is 3.19. The topological polar surface area (TPSA) is 76.0 Å². The van der Waals surface area contributed by atoms with Crippen LogP contribution in [0.5, 0.6) is 5.75 Å². The number of halogens is 4. The second kappa shape index (κ2) is 13.6. The highest BCUT2D eigenvalue weighted by molar-refractivity contribution is 9.10. The molecule has 0 spiro atoms. The van der Waals surface area contributed by atoms with Gasteiger partial charge in [0.05, 0.1) is 17.0 Å². The average Bonchev–Trinajstić information content (AvgIpc) is 2.71. The number of alkyl halides is 3. The van der Waals surface area contributed by atoms with Crippen LogP contribution in [-0.2, 0) is 9.53 Å². The Labute approximate surface area is 201 Å². The van der Waals surface area contributed by atoms with Crippen molar-refractivity contribution in [3.8, 4) is 5.75 Å². The lowest BCUT2D eigenvalue weighted by atomic mass is 9.80. The van der Waals surface area contributed by atoms with E-state index in [4.69, 9.17) is 19.5 Å². The third-order valence-electron chi connectivity index (χ3n) is 4.40. The van der Waals surface area contributed by atoms with Crippen LogP contribution in [0.15, 0.2) is 46.9 Å². The molecule has 5 nitrogen and oxygen atoms in total. The molecule has 0 aliphatic rings. The number of carbonyl (C=O) groups is 1. The van der Waals surface area contributed by atoms with E-state index in [1.807, 2.05) is 32.9 Å². The van der Waals surface area contributed by atoms with Gasteiger partial charge < -0.3 is 19.5 Å². The van der Waals surface area contributed by atoms with E-state index in [2.05, 4.69) is 15.9 Å². The number of carbonyl (C=O) groups excluding carboxylic acids is 1. The van der Waals surface area contributed by atoms with Crippen molar-refractivity contribution in [2.24, 2.45) is 5.92 Å². The van der Waals surface area contributed by atoms with Gasteiger partial charge in [0.25, 0.3) is 0 Å². The van der Waals surface area contributed by atoms with Gasteiger partial charge in [0.15, 0.2) is 6.61 Å². The van der Waals surface area contributed by atoms with Gasteiger partial charge in [0.1, 0.15) is 5.75 Å². The highest BCUT2D eigenvalue weighted by Crippen LogP contribution is 2.33. The average molecular weight is 533 g/mol. The van der Waals surface area contributed by atoms with Crippen molar-refractivity contribution in [2.45, 2.75) is 46.2 Å². The first-order chi connectivity index (χ1) is 15.3. The minimum Gasteiger partial charge on any atom is -0.483 e. The van der Waals surface area contributed by atoms with Gasteiger partial charge >= 0.3 is 19.3 Å². The molecule has 2 rings (SSSR count). The normalized spacial score (nSPS) is 12.0. The number of rotatable bonds is 8. The minimum absolute atomic E-state index is 0.0817. The van der Waals surface area contributed by atoms with Crippen molar-refractivity contribution in [3.63, 3.8) is 0 Å². The summed E-state index contributed by atoms with van der Waals surface area (Å²) in [5, 5.41) is 17.3. The number of esters is 1. The smallest absolute Gasteiger partial charge is 0.483 e. The molecule has 0 radical (unpaired) electrons. The van der Waals surface area contributed by atoms with Crippen molar-refractivity contribution in [2.75, 3.05) is 13.2 Å². The molecule has 0 heterocycles. The maximum absolute atomic E-state index is 12.2. The predicted molar refractivity (Wildman–Crippen MR) is 126 cm³/mol. The fourth-order valence-corrected chi connectivity index (χ4v) is 3.34. The molecular formula is C23H29BBrF3O5. The SMILES string of the molecule is CCOC(=O)C(CC(C)C)c1ccc(OCC(F)(F)F)c(Br)c1.Cc1ccc(B(O)O)cc1. The molecule has 0 saturated heterocycles. The first-order valence-corrected chi connectivity index (χ1v) is 11.2. The van der Waals surface area contributed by atoms with Crippen LogP contribution in [-0.4, -0.2) is 42.5 Å². The van der Waals surface area contributed by atoms with Gasteiger partial charge in [-0.25, -0.2) is 0 Å². The van der Waals surface area contributed by atoms with E-state index in [0.717, 1.165) is 5.56 Å². The zero-order valence-corrected chi connectivity index (χ0v) is 20.6. The largest absolute Gasteiger partial charge is 0.488 e. The van der Waals surface area contributed by atoms with E-state index >= 15 is 0 Å². The molecule has 2 aromatic carbocycles. The van der Waals surface area contributed by atoms with Crippen LogP contribution in [0, 0.1) is 12.8 Å². The summed E-state index contributed by atoms with van der Waals surface area (Å²) in [6, 6.07) is 11.7. The Morgan fingerprint density at radius 2 is 1.73 bits per heavy atom. The lowest BCUT2D eigenvalue weighted by Crippen LogP contribution is -2.29. The lowest BCUT2D eigenvalue weighted by Gasteiger charge is -2.19. The molecule has 0 amide bonds. The van der Waals surface area contributed by atoms with Crippen molar-refractivity contribution < 1.29 is 37.5 Å². The maximum Gasteiger partial charge on any atom is 0.488 e. The number of hydrogen-bond donors (Lipinski definition) is 2. The van der Waals surface area contributed by atoms with E-state index in [-0.39, 0.29) is 24.2 Å². The van der Waals surface area contributed by atoms with Crippen LogP contribution >= 0.6 is 15.9 Å². The summed E-state index contributed by atoms with van der Waals surface area (Å²) in [5.41, 5.74) is 2.33. The third-order valence-corrected chi connectivity index (χ3v) is 5.02. The van der Waals surface area contributed by atoms with Gasteiger partial charge in [0, 0.05) is 0 Å². The molecule has 0 bridgehead atoms. The minimum atomic E-state index is -4.40. The molecule has 2 aromatic rings. The molecule has 0 aliphatic carbocycles. The molecule has 0 aliphatic heterocycles. The summed E-state index contributed by atoms with van der Waals surface area (Å²) in [5.74, 6) is -0.442. The van der Waals surface area contributed by atoms with E-state index in [1.54, 1.807) is 31.2 Å².